The van der Waals surface area contributed by atoms with Crippen molar-refractivity contribution in [2.45, 2.75) is 31.8 Å². The second-order valence-corrected chi connectivity index (χ2v) is 5.54. The Hall–Kier alpha value is -0.280. The molecule has 3 heterocycles. The minimum Gasteiger partial charge on any atom is -0.306 e. The average molecular weight is 303 g/mol. The van der Waals surface area contributed by atoms with Gasteiger partial charge in [-0.3, -0.25) is 0 Å². The first-order chi connectivity index (χ1) is 8.33. The summed E-state index contributed by atoms with van der Waals surface area (Å²) in [5.74, 6) is 0.908. The molecule has 4 rings (SSSR count). The van der Waals surface area contributed by atoms with Gasteiger partial charge in [0.2, 0.25) is 0 Å². The highest BCUT2D eigenvalue weighted by atomic mass is 35.5. The largest absolute Gasteiger partial charge is 0.306 e. The Bertz CT molecular complexity index is 364. The third-order valence-corrected chi connectivity index (χ3v) is 4.42. The normalized spacial score (nSPS) is 30.1. The predicted octanol–water partition coefficient (Wildman–Crippen LogP) is 3.28. The summed E-state index contributed by atoms with van der Waals surface area (Å²) < 4.78 is 0. The number of nitrogens with one attached hydrogen (secondary N) is 1. The van der Waals surface area contributed by atoms with Crippen molar-refractivity contribution in [2.24, 2.45) is 5.92 Å². The van der Waals surface area contributed by atoms with Gasteiger partial charge in [-0.2, -0.15) is 0 Å². The van der Waals surface area contributed by atoms with Crippen molar-refractivity contribution in [1.82, 2.24) is 10.2 Å². The number of hydrogen-bond donors (Lipinski definition) is 1. The quantitative estimate of drug-likeness (QED) is 0.922. The molecule has 3 fully saturated rings. The van der Waals surface area contributed by atoms with Crippen LogP contribution < -0.4 is 5.32 Å². The summed E-state index contributed by atoms with van der Waals surface area (Å²) in [4.78, 5) is 2.61. The Morgan fingerprint density at radius 2 is 1.74 bits per heavy atom. The molecule has 0 aromatic heterocycles. The van der Waals surface area contributed by atoms with Crippen LogP contribution in [0.4, 0.5) is 0 Å². The second kappa shape index (κ2) is 7.49. The average Bonchev–Trinajstić information content (AvgIpc) is 2.41. The van der Waals surface area contributed by atoms with Gasteiger partial charge in [-0.15, -0.1) is 24.8 Å². The summed E-state index contributed by atoms with van der Waals surface area (Å²) in [6.45, 7) is 6.18. The number of benzene rings is 1. The summed E-state index contributed by atoms with van der Waals surface area (Å²) in [6.07, 6.45) is 2.78. The van der Waals surface area contributed by atoms with E-state index in [9.17, 15) is 0 Å². The summed E-state index contributed by atoms with van der Waals surface area (Å²) >= 11 is 0. The third-order valence-electron chi connectivity index (χ3n) is 4.42. The highest BCUT2D eigenvalue weighted by molar-refractivity contribution is 5.85. The molecule has 108 valence electrons. The van der Waals surface area contributed by atoms with Crippen LogP contribution in [0.15, 0.2) is 30.3 Å². The first-order valence-electron chi connectivity index (χ1n) is 6.86. The van der Waals surface area contributed by atoms with E-state index in [-0.39, 0.29) is 24.8 Å². The lowest BCUT2D eigenvalue weighted by atomic mass is 9.83. The predicted molar refractivity (Wildman–Crippen MR) is 85.4 cm³/mol. The second-order valence-electron chi connectivity index (χ2n) is 5.54. The molecule has 2 nitrogen and oxygen atoms in total. The maximum Gasteiger partial charge on any atom is 0.0294 e. The van der Waals surface area contributed by atoms with Crippen LogP contribution in [0.25, 0.3) is 0 Å². The minimum absolute atomic E-state index is 0. The number of hydrogen-bond acceptors (Lipinski definition) is 2. The molecular formula is C15H24Cl2N2. The molecule has 1 N–H and O–H groups in total. The van der Waals surface area contributed by atoms with Crippen molar-refractivity contribution in [3.05, 3.63) is 35.9 Å². The number of fused-ring (bicyclic) bond motifs is 3. The first-order valence-corrected chi connectivity index (χ1v) is 6.86. The van der Waals surface area contributed by atoms with Gasteiger partial charge in [-0.25, -0.2) is 0 Å². The van der Waals surface area contributed by atoms with Crippen molar-refractivity contribution < 1.29 is 0 Å². The van der Waals surface area contributed by atoms with E-state index in [1.54, 1.807) is 0 Å². The van der Waals surface area contributed by atoms with Crippen LogP contribution in [0.1, 0.15) is 31.4 Å². The molecule has 2 bridgehead atoms. The fourth-order valence-corrected chi connectivity index (χ4v) is 3.31. The minimum atomic E-state index is 0. The standard InChI is InChI=1S/C15H22N2.2ClH/c1-12(13-5-3-2-4-6-13)16-15-11-17-9-7-14(15)8-10-17;;/h2-6,12,14-16H,7-11H2,1H3;2*1H/t12-,15+;;/m0../s1. The molecule has 0 unspecified atom stereocenters. The van der Waals surface area contributed by atoms with Crippen LogP contribution in [0.2, 0.25) is 0 Å². The van der Waals surface area contributed by atoms with E-state index in [0.29, 0.717) is 12.1 Å². The zero-order chi connectivity index (χ0) is 11.7. The molecule has 3 aliphatic heterocycles. The van der Waals surface area contributed by atoms with Gasteiger partial charge in [-0.1, -0.05) is 30.3 Å². The van der Waals surface area contributed by atoms with Crippen molar-refractivity contribution in [1.29, 1.82) is 0 Å². The Morgan fingerprint density at radius 3 is 2.26 bits per heavy atom. The number of piperidine rings is 3. The molecule has 19 heavy (non-hydrogen) atoms. The molecule has 2 atom stereocenters. The highest BCUT2D eigenvalue weighted by Gasteiger charge is 2.34. The van der Waals surface area contributed by atoms with Gasteiger partial charge in [-0.05, 0) is 44.3 Å². The van der Waals surface area contributed by atoms with E-state index in [1.165, 1.54) is 38.0 Å². The fourth-order valence-electron chi connectivity index (χ4n) is 3.31. The highest BCUT2D eigenvalue weighted by Crippen LogP contribution is 2.29. The molecule has 0 aliphatic carbocycles. The summed E-state index contributed by atoms with van der Waals surface area (Å²) in [5, 5.41) is 3.82. The van der Waals surface area contributed by atoms with Crippen LogP contribution in [-0.2, 0) is 0 Å². The lowest BCUT2D eigenvalue weighted by Crippen LogP contribution is -2.56. The van der Waals surface area contributed by atoms with Crippen molar-refractivity contribution in [3.8, 4) is 0 Å². The third kappa shape index (κ3) is 3.85. The Balaban J connectivity index is 0.000000902. The Labute approximate surface area is 128 Å². The van der Waals surface area contributed by atoms with Gasteiger partial charge in [0.15, 0.2) is 0 Å². The Kier molecular flexibility index (Phi) is 6.61. The van der Waals surface area contributed by atoms with Crippen LogP contribution in [0, 0.1) is 5.92 Å². The Morgan fingerprint density at radius 1 is 1.11 bits per heavy atom. The van der Waals surface area contributed by atoms with Gasteiger partial charge in [0.25, 0.3) is 0 Å². The van der Waals surface area contributed by atoms with Crippen LogP contribution in [0.5, 0.6) is 0 Å². The number of halogens is 2. The van der Waals surface area contributed by atoms with E-state index < -0.39 is 0 Å². The molecule has 3 saturated heterocycles. The van der Waals surface area contributed by atoms with E-state index in [1.807, 2.05) is 0 Å². The molecule has 0 amide bonds. The number of nitrogens with zero attached hydrogens (tertiary/aromatic N) is 1. The molecule has 0 spiro atoms. The smallest absolute Gasteiger partial charge is 0.0294 e. The van der Waals surface area contributed by atoms with Gasteiger partial charge >= 0.3 is 0 Å². The molecular weight excluding hydrogens is 279 g/mol. The van der Waals surface area contributed by atoms with Crippen LogP contribution >= 0.6 is 24.8 Å². The lowest BCUT2D eigenvalue weighted by molar-refractivity contribution is 0.0680. The van der Waals surface area contributed by atoms with E-state index in [4.69, 9.17) is 0 Å². The molecule has 1 aromatic rings. The fraction of sp³-hybridized carbons (Fsp3) is 0.600. The zero-order valence-corrected chi connectivity index (χ0v) is 13.1. The van der Waals surface area contributed by atoms with E-state index in [0.717, 1.165) is 5.92 Å². The molecule has 3 aliphatic rings. The van der Waals surface area contributed by atoms with Gasteiger partial charge in [0, 0.05) is 18.6 Å². The van der Waals surface area contributed by atoms with Crippen molar-refractivity contribution in [2.75, 3.05) is 19.6 Å². The monoisotopic (exact) mass is 302 g/mol. The van der Waals surface area contributed by atoms with Crippen molar-refractivity contribution >= 4 is 24.8 Å². The lowest BCUT2D eigenvalue weighted by Gasteiger charge is -2.46. The number of rotatable bonds is 3. The van der Waals surface area contributed by atoms with Gasteiger partial charge < -0.3 is 10.2 Å². The van der Waals surface area contributed by atoms with E-state index >= 15 is 0 Å². The maximum absolute atomic E-state index is 3.82. The van der Waals surface area contributed by atoms with Gasteiger partial charge in [0.05, 0.1) is 0 Å². The molecule has 4 heteroatoms. The zero-order valence-electron chi connectivity index (χ0n) is 11.4. The van der Waals surface area contributed by atoms with Crippen molar-refractivity contribution in [3.63, 3.8) is 0 Å². The van der Waals surface area contributed by atoms with E-state index in [2.05, 4.69) is 47.5 Å². The van der Waals surface area contributed by atoms with Crippen LogP contribution in [-0.4, -0.2) is 30.6 Å². The summed E-state index contributed by atoms with van der Waals surface area (Å²) in [7, 11) is 0. The van der Waals surface area contributed by atoms with Crippen LogP contribution in [0.3, 0.4) is 0 Å². The molecule has 1 aromatic carbocycles. The molecule has 0 saturated carbocycles. The topological polar surface area (TPSA) is 15.3 Å². The van der Waals surface area contributed by atoms with Gasteiger partial charge in [0.1, 0.15) is 0 Å². The molecule has 0 radical (unpaired) electrons. The summed E-state index contributed by atoms with van der Waals surface area (Å²) in [6, 6.07) is 12.0. The SMILES string of the molecule is C[C@H](N[C@@H]1CN2CCC1CC2)c1ccccc1.Cl.Cl. The maximum atomic E-state index is 3.82. The summed E-state index contributed by atoms with van der Waals surface area (Å²) in [5.41, 5.74) is 1.41. The first kappa shape index (κ1) is 16.8.